The number of aliphatic hydroxyl groups excluding tert-OH is 1. The van der Waals surface area contributed by atoms with Crippen molar-refractivity contribution >= 4 is 11.4 Å². The second kappa shape index (κ2) is 5.87. The van der Waals surface area contributed by atoms with Gasteiger partial charge in [0.1, 0.15) is 6.54 Å². The lowest BCUT2D eigenvalue weighted by molar-refractivity contribution is -0.385. The molecule has 0 bridgehead atoms. The highest BCUT2D eigenvalue weighted by Crippen LogP contribution is 2.27. The van der Waals surface area contributed by atoms with E-state index in [0.29, 0.717) is 0 Å². The molecule has 5 nitrogen and oxygen atoms in total. The van der Waals surface area contributed by atoms with Crippen molar-refractivity contribution in [1.29, 1.82) is 0 Å². The largest absolute Gasteiger partial charge is 0.405 e. The molecule has 0 atom stereocenters. The maximum atomic E-state index is 12.4. The smallest absolute Gasteiger partial charge is 0.391 e. The minimum absolute atomic E-state index is 0.0110. The second-order valence-corrected chi connectivity index (χ2v) is 3.86. The minimum Gasteiger partial charge on any atom is -0.391 e. The molecule has 0 aliphatic carbocycles. The third kappa shape index (κ3) is 4.09. The molecule has 0 spiro atoms. The Kier molecular flexibility index (Phi) is 4.71. The first-order valence-corrected chi connectivity index (χ1v) is 5.48. The molecule has 0 heterocycles. The quantitative estimate of drug-likeness (QED) is 0.663. The third-order valence-electron chi connectivity index (χ3n) is 2.55. The van der Waals surface area contributed by atoms with E-state index in [4.69, 9.17) is 5.11 Å². The van der Waals surface area contributed by atoms with Crippen molar-refractivity contribution in [2.24, 2.45) is 0 Å². The zero-order valence-corrected chi connectivity index (χ0v) is 10.1. The molecule has 19 heavy (non-hydrogen) atoms. The average Bonchev–Trinajstić information content (AvgIpc) is 2.33. The average molecular weight is 278 g/mol. The van der Waals surface area contributed by atoms with Crippen LogP contribution in [-0.4, -0.2) is 29.3 Å². The van der Waals surface area contributed by atoms with Gasteiger partial charge in [0.25, 0.3) is 5.69 Å². The Bertz CT molecular complexity index is 463. The Morgan fingerprint density at radius 1 is 1.42 bits per heavy atom. The summed E-state index contributed by atoms with van der Waals surface area (Å²) in [6, 6.07) is 3.54. The number of aliphatic hydroxyl groups is 1. The molecular weight excluding hydrogens is 265 g/mol. The number of anilines is 1. The van der Waals surface area contributed by atoms with Crippen LogP contribution < -0.4 is 4.90 Å². The van der Waals surface area contributed by atoms with Gasteiger partial charge in [-0.2, -0.15) is 13.2 Å². The van der Waals surface area contributed by atoms with Gasteiger partial charge in [-0.05, 0) is 19.1 Å². The molecule has 0 radical (unpaired) electrons. The molecule has 1 N–H and O–H groups in total. The van der Waals surface area contributed by atoms with E-state index < -0.39 is 24.3 Å². The first kappa shape index (κ1) is 15.2. The molecule has 106 valence electrons. The highest BCUT2D eigenvalue weighted by atomic mass is 19.4. The van der Waals surface area contributed by atoms with E-state index in [-0.39, 0.29) is 23.5 Å². The van der Waals surface area contributed by atoms with Crippen LogP contribution in [0.3, 0.4) is 0 Å². The number of hydrogen-bond donors (Lipinski definition) is 1. The van der Waals surface area contributed by atoms with Crippen molar-refractivity contribution in [2.75, 3.05) is 18.0 Å². The van der Waals surface area contributed by atoms with Crippen LogP contribution in [0.15, 0.2) is 18.2 Å². The SMILES string of the molecule is CCN(CC(F)(F)F)c1ccc([N+](=O)[O-])c(CO)c1. The molecule has 1 aromatic rings. The van der Waals surface area contributed by atoms with Gasteiger partial charge in [-0.1, -0.05) is 0 Å². The Labute approximate surface area is 107 Å². The van der Waals surface area contributed by atoms with Gasteiger partial charge >= 0.3 is 6.18 Å². The number of hydrogen-bond acceptors (Lipinski definition) is 4. The highest BCUT2D eigenvalue weighted by molar-refractivity contribution is 5.55. The van der Waals surface area contributed by atoms with Crippen molar-refractivity contribution in [1.82, 2.24) is 0 Å². The van der Waals surface area contributed by atoms with Crippen molar-refractivity contribution in [3.63, 3.8) is 0 Å². The molecule has 0 unspecified atom stereocenters. The lowest BCUT2D eigenvalue weighted by Crippen LogP contribution is -2.34. The molecule has 0 amide bonds. The van der Waals surface area contributed by atoms with E-state index in [1.807, 2.05) is 0 Å². The van der Waals surface area contributed by atoms with E-state index in [2.05, 4.69) is 0 Å². The predicted octanol–water partition coefficient (Wildman–Crippen LogP) is 2.48. The summed E-state index contributed by atoms with van der Waals surface area (Å²) in [5.74, 6) is 0. The van der Waals surface area contributed by atoms with Crippen molar-refractivity contribution < 1.29 is 23.2 Å². The Hall–Kier alpha value is -1.83. The summed E-state index contributed by atoms with van der Waals surface area (Å²) in [5, 5.41) is 19.7. The third-order valence-corrected chi connectivity index (χ3v) is 2.55. The molecule has 1 rings (SSSR count). The molecule has 8 heteroatoms. The van der Waals surface area contributed by atoms with Gasteiger partial charge in [0.15, 0.2) is 0 Å². The highest BCUT2D eigenvalue weighted by Gasteiger charge is 2.30. The van der Waals surface area contributed by atoms with Gasteiger partial charge in [0, 0.05) is 18.3 Å². The van der Waals surface area contributed by atoms with Crippen LogP contribution in [-0.2, 0) is 6.61 Å². The van der Waals surface area contributed by atoms with Gasteiger partial charge in [-0.15, -0.1) is 0 Å². The Morgan fingerprint density at radius 2 is 2.05 bits per heavy atom. The molecule has 0 saturated heterocycles. The van der Waals surface area contributed by atoms with Crippen LogP contribution in [0.5, 0.6) is 0 Å². The van der Waals surface area contributed by atoms with Gasteiger partial charge in [0.05, 0.1) is 17.1 Å². The number of alkyl halides is 3. The molecule has 0 aliphatic rings. The summed E-state index contributed by atoms with van der Waals surface area (Å²) in [4.78, 5) is 11.0. The summed E-state index contributed by atoms with van der Waals surface area (Å²) in [6.45, 7) is -0.103. The maximum absolute atomic E-state index is 12.4. The Morgan fingerprint density at radius 3 is 2.47 bits per heavy atom. The van der Waals surface area contributed by atoms with Gasteiger partial charge in [-0.25, -0.2) is 0 Å². The second-order valence-electron chi connectivity index (χ2n) is 3.86. The molecular formula is C11H13F3N2O3. The zero-order chi connectivity index (χ0) is 14.6. The zero-order valence-electron chi connectivity index (χ0n) is 10.1. The first-order chi connectivity index (χ1) is 8.78. The number of nitrogens with zero attached hydrogens (tertiary/aromatic N) is 2. The van der Waals surface area contributed by atoms with Crippen molar-refractivity contribution in [3.05, 3.63) is 33.9 Å². The summed E-state index contributed by atoms with van der Waals surface area (Å²) >= 11 is 0. The monoisotopic (exact) mass is 278 g/mol. The molecule has 0 fully saturated rings. The van der Waals surface area contributed by atoms with E-state index in [1.165, 1.54) is 12.1 Å². The maximum Gasteiger partial charge on any atom is 0.405 e. The summed E-state index contributed by atoms with van der Waals surface area (Å²) in [6.07, 6.45) is -4.36. The summed E-state index contributed by atoms with van der Waals surface area (Å²) < 4.78 is 37.1. The Balaban J connectivity index is 3.09. The fourth-order valence-electron chi connectivity index (χ4n) is 1.68. The van der Waals surface area contributed by atoms with Crippen LogP contribution in [0.4, 0.5) is 24.5 Å². The van der Waals surface area contributed by atoms with Crippen LogP contribution in [0.25, 0.3) is 0 Å². The minimum atomic E-state index is -4.36. The van der Waals surface area contributed by atoms with Crippen molar-refractivity contribution in [2.45, 2.75) is 19.7 Å². The van der Waals surface area contributed by atoms with Gasteiger partial charge < -0.3 is 10.0 Å². The number of nitro benzene ring substituents is 1. The molecule has 1 aromatic carbocycles. The lowest BCUT2D eigenvalue weighted by atomic mass is 10.1. The van der Waals surface area contributed by atoms with Crippen LogP contribution in [0.2, 0.25) is 0 Å². The van der Waals surface area contributed by atoms with E-state index in [0.717, 1.165) is 11.0 Å². The summed E-state index contributed by atoms with van der Waals surface area (Å²) in [7, 11) is 0. The first-order valence-electron chi connectivity index (χ1n) is 5.48. The van der Waals surface area contributed by atoms with Crippen LogP contribution in [0, 0.1) is 10.1 Å². The molecule has 0 saturated carbocycles. The molecule has 0 aliphatic heterocycles. The lowest BCUT2D eigenvalue weighted by Gasteiger charge is -2.24. The van der Waals surface area contributed by atoms with E-state index in [9.17, 15) is 23.3 Å². The topological polar surface area (TPSA) is 66.6 Å². The number of rotatable bonds is 5. The fourth-order valence-corrected chi connectivity index (χ4v) is 1.68. The normalized spacial score (nSPS) is 11.4. The van der Waals surface area contributed by atoms with E-state index >= 15 is 0 Å². The van der Waals surface area contributed by atoms with Crippen LogP contribution >= 0.6 is 0 Å². The van der Waals surface area contributed by atoms with Gasteiger partial charge in [0.2, 0.25) is 0 Å². The van der Waals surface area contributed by atoms with E-state index in [1.54, 1.807) is 6.92 Å². The van der Waals surface area contributed by atoms with Crippen LogP contribution in [0.1, 0.15) is 12.5 Å². The summed E-state index contributed by atoms with van der Waals surface area (Å²) in [5.41, 5.74) is -0.132. The predicted molar refractivity (Wildman–Crippen MR) is 63.0 cm³/mol. The number of nitro groups is 1. The van der Waals surface area contributed by atoms with Crippen molar-refractivity contribution in [3.8, 4) is 0 Å². The molecule has 0 aromatic heterocycles. The number of benzene rings is 1. The standard InChI is InChI=1S/C11H13F3N2O3/c1-2-15(7-11(12,13)14)9-3-4-10(16(18)19)8(5-9)6-17/h3-5,17H,2,6-7H2,1H3. The van der Waals surface area contributed by atoms with Gasteiger partial charge in [-0.3, -0.25) is 10.1 Å². The number of halogens is 3. The fraction of sp³-hybridized carbons (Fsp3) is 0.455.